The number of nitrogens with zero attached hydrogens (tertiary/aromatic N) is 2. The summed E-state index contributed by atoms with van der Waals surface area (Å²) in [6, 6.07) is 19.0. The first-order valence-corrected chi connectivity index (χ1v) is 6.36. The standard InChI is InChI=1S/C17H16N2/c1-19(2)16-9-8-13-11-15(7-6-14(13)12-16)17-5-3-4-10-18-17/h3-12H,1-2H3. The lowest BCUT2D eigenvalue weighted by Gasteiger charge is -2.13. The quantitative estimate of drug-likeness (QED) is 0.682. The van der Waals surface area contributed by atoms with Gasteiger partial charge in [-0.3, -0.25) is 4.98 Å². The fraction of sp³-hybridized carbons (Fsp3) is 0.118. The van der Waals surface area contributed by atoms with Crippen molar-refractivity contribution < 1.29 is 0 Å². The maximum Gasteiger partial charge on any atom is 0.0702 e. The van der Waals surface area contributed by atoms with Crippen molar-refractivity contribution in [3.63, 3.8) is 0 Å². The van der Waals surface area contributed by atoms with E-state index in [0.717, 1.165) is 11.3 Å². The number of fused-ring (bicyclic) bond motifs is 1. The molecule has 3 aromatic rings. The molecule has 0 fully saturated rings. The Labute approximate surface area is 113 Å². The lowest BCUT2D eigenvalue weighted by Crippen LogP contribution is -2.07. The number of hydrogen-bond donors (Lipinski definition) is 0. The minimum absolute atomic E-state index is 1.01. The van der Waals surface area contributed by atoms with E-state index >= 15 is 0 Å². The van der Waals surface area contributed by atoms with Gasteiger partial charge in [-0.1, -0.05) is 24.3 Å². The molecule has 0 radical (unpaired) electrons. The molecule has 1 heterocycles. The summed E-state index contributed by atoms with van der Waals surface area (Å²) in [5.74, 6) is 0. The molecule has 2 aromatic carbocycles. The molecule has 0 unspecified atom stereocenters. The number of hydrogen-bond acceptors (Lipinski definition) is 2. The average Bonchev–Trinajstić information content (AvgIpc) is 2.47. The zero-order valence-electron chi connectivity index (χ0n) is 11.2. The second-order valence-electron chi connectivity index (χ2n) is 4.86. The Balaban J connectivity index is 2.10. The van der Waals surface area contributed by atoms with Crippen molar-refractivity contribution in [1.82, 2.24) is 4.98 Å². The molecule has 0 atom stereocenters. The summed E-state index contributed by atoms with van der Waals surface area (Å²) in [5.41, 5.74) is 3.39. The van der Waals surface area contributed by atoms with Gasteiger partial charge < -0.3 is 4.90 Å². The molecule has 94 valence electrons. The summed E-state index contributed by atoms with van der Waals surface area (Å²) in [6.45, 7) is 0. The molecular weight excluding hydrogens is 232 g/mol. The van der Waals surface area contributed by atoms with E-state index in [1.165, 1.54) is 16.5 Å². The van der Waals surface area contributed by atoms with E-state index in [4.69, 9.17) is 0 Å². The molecule has 0 aliphatic heterocycles. The minimum atomic E-state index is 1.01. The van der Waals surface area contributed by atoms with Crippen LogP contribution in [-0.2, 0) is 0 Å². The van der Waals surface area contributed by atoms with Crippen LogP contribution in [0, 0.1) is 0 Å². The van der Waals surface area contributed by atoms with Gasteiger partial charge in [0.1, 0.15) is 0 Å². The van der Waals surface area contributed by atoms with Gasteiger partial charge in [-0.05, 0) is 41.1 Å². The summed E-state index contributed by atoms with van der Waals surface area (Å²) in [6.07, 6.45) is 1.83. The first kappa shape index (κ1) is 11.7. The summed E-state index contributed by atoms with van der Waals surface area (Å²) in [7, 11) is 4.12. The second kappa shape index (κ2) is 4.73. The van der Waals surface area contributed by atoms with E-state index in [0.29, 0.717) is 0 Å². The number of rotatable bonds is 2. The highest BCUT2D eigenvalue weighted by atomic mass is 15.1. The van der Waals surface area contributed by atoms with Crippen LogP contribution in [0.15, 0.2) is 60.8 Å². The third-order valence-corrected chi connectivity index (χ3v) is 3.30. The number of aromatic nitrogens is 1. The first-order chi connectivity index (χ1) is 9.24. The Hall–Kier alpha value is -2.35. The van der Waals surface area contributed by atoms with Crippen molar-refractivity contribution in [2.75, 3.05) is 19.0 Å². The lowest BCUT2D eigenvalue weighted by atomic mass is 10.0. The molecule has 1 aromatic heterocycles. The van der Waals surface area contributed by atoms with Crippen LogP contribution in [0.4, 0.5) is 5.69 Å². The Morgan fingerprint density at radius 2 is 1.63 bits per heavy atom. The molecule has 0 saturated carbocycles. The molecule has 3 rings (SSSR count). The Bertz CT molecular complexity index is 703. The van der Waals surface area contributed by atoms with Crippen LogP contribution in [0.1, 0.15) is 0 Å². The van der Waals surface area contributed by atoms with Gasteiger partial charge in [0, 0.05) is 31.5 Å². The summed E-state index contributed by atoms with van der Waals surface area (Å²) < 4.78 is 0. The van der Waals surface area contributed by atoms with Gasteiger partial charge in [0.25, 0.3) is 0 Å². The molecule has 19 heavy (non-hydrogen) atoms. The topological polar surface area (TPSA) is 16.1 Å². The van der Waals surface area contributed by atoms with Gasteiger partial charge in [-0.15, -0.1) is 0 Å². The van der Waals surface area contributed by atoms with Crippen molar-refractivity contribution in [3.05, 3.63) is 60.8 Å². The zero-order valence-corrected chi connectivity index (χ0v) is 11.2. The van der Waals surface area contributed by atoms with Crippen molar-refractivity contribution in [1.29, 1.82) is 0 Å². The maximum atomic E-state index is 4.39. The van der Waals surface area contributed by atoms with Crippen molar-refractivity contribution in [2.24, 2.45) is 0 Å². The fourth-order valence-corrected chi connectivity index (χ4v) is 2.20. The fourth-order valence-electron chi connectivity index (χ4n) is 2.20. The van der Waals surface area contributed by atoms with Gasteiger partial charge in [0.2, 0.25) is 0 Å². The highest BCUT2D eigenvalue weighted by Crippen LogP contribution is 2.25. The van der Waals surface area contributed by atoms with Crippen molar-refractivity contribution >= 4 is 16.5 Å². The van der Waals surface area contributed by atoms with Gasteiger partial charge in [0.05, 0.1) is 5.69 Å². The van der Waals surface area contributed by atoms with Gasteiger partial charge >= 0.3 is 0 Å². The van der Waals surface area contributed by atoms with Crippen LogP contribution < -0.4 is 4.90 Å². The van der Waals surface area contributed by atoms with Crippen LogP contribution in [0.5, 0.6) is 0 Å². The van der Waals surface area contributed by atoms with Crippen LogP contribution in [0.3, 0.4) is 0 Å². The molecule has 0 spiro atoms. The third-order valence-electron chi connectivity index (χ3n) is 3.30. The monoisotopic (exact) mass is 248 g/mol. The van der Waals surface area contributed by atoms with Crippen LogP contribution in [0.2, 0.25) is 0 Å². The van der Waals surface area contributed by atoms with Gasteiger partial charge in [-0.2, -0.15) is 0 Å². The molecule has 2 heteroatoms. The first-order valence-electron chi connectivity index (χ1n) is 6.36. The summed E-state index contributed by atoms with van der Waals surface area (Å²) in [5, 5.41) is 2.50. The zero-order chi connectivity index (χ0) is 13.2. The van der Waals surface area contributed by atoms with Gasteiger partial charge in [-0.25, -0.2) is 0 Å². The highest BCUT2D eigenvalue weighted by Gasteiger charge is 2.02. The largest absolute Gasteiger partial charge is 0.378 e. The predicted octanol–water partition coefficient (Wildman–Crippen LogP) is 3.97. The van der Waals surface area contributed by atoms with E-state index in [1.807, 2.05) is 24.4 Å². The normalized spacial score (nSPS) is 10.6. The van der Waals surface area contributed by atoms with Crippen LogP contribution >= 0.6 is 0 Å². The number of pyridine rings is 1. The molecule has 0 aliphatic rings. The van der Waals surface area contributed by atoms with E-state index in [-0.39, 0.29) is 0 Å². The molecule has 0 amide bonds. The third kappa shape index (κ3) is 2.29. The van der Waals surface area contributed by atoms with Crippen molar-refractivity contribution in [2.45, 2.75) is 0 Å². The number of benzene rings is 2. The average molecular weight is 248 g/mol. The molecule has 2 nitrogen and oxygen atoms in total. The lowest BCUT2D eigenvalue weighted by molar-refractivity contribution is 1.14. The number of anilines is 1. The van der Waals surface area contributed by atoms with E-state index in [9.17, 15) is 0 Å². The molecule has 0 N–H and O–H groups in total. The molecule has 0 saturated heterocycles. The van der Waals surface area contributed by atoms with Crippen molar-refractivity contribution in [3.8, 4) is 11.3 Å². The van der Waals surface area contributed by atoms with E-state index in [2.05, 4.69) is 60.4 Å². The van der Waals surface area contributed by atoms with Crippen LogP contribution in [-0.4, -0.2) is 19.1 Å². The summed E-state index contributed by atoms with van der Waals surface area (Å²) >= 11 is 0. The molecule has 0 bridgehead atoms. The smallest absolute Gasteiger partial charge is 0.0702 e. The summed E-state index contributed by atoms with van der Waals surface area (Å²) in [4.78, 5) is 6.51. The second-order valence-corrected chi connectivity index (χ2v) is 4.86. The Kier molecular flexibility index (Phi) is 2.92. The molecule has 0 aliphatic carbocycles. The SMILES string of the molecule is CN(C)c1ccc2cc(-c3ccccn3)ccc2c1. The molecular formula is C17H16N2. The Morgan fingerprint density at radius 3 is 2.37 bits per heavy atom. The van der Waals surface area contributed by atoms with E-state index in [1.54, 1.807) is 0 Å². The Morgan fingerprint density at radius 1 is 0.842 bits per heavy atom. The highest BCUT2D eigenvalue weighted by molar-refractivity contribution is 5.89. The van der Waals surface area contributed by atoms with Gasteiger partial charge in [0.15, 0.2) is 0 Å². The van der Waals surface area contributed by atoms with Crippen LogP contribution in [0.25, 0.3) is 22.0 Å². The predicted molar refractivity (Wildman–Crippen MR) is 81.5 cm³/mol. The maximum absolute atomic E-state index is 4.39. The minimum Gasteiger partial charge on any atom is -0.378 e. The van der Waals surface area contributed by atoms with E-state index < -0.39 is 0 Å².